The number of benzene rings is 2. The van der Waals surface area contributed by atoms with Crippen LogP contribution in [0.5, 0.6) is 0 Å². The molecule has 8 nitrogen and oxygen atoms in total. The number of carbonyl (C=O) groups excluding carboxylic acids is 3. The summed E-state index contributed by atoms with van der Waals surface area (Å²) >= 11 is 0. The van der Waals surface area contributed by atoms with Crippen LogP contribution in [-0.2, 0) is 16.1 Å². The normalized spacial score (nSPS) is 10.3. The van der Waals surface area contributed by atoms with Gasteiger partial charge in [-0.2, -0.15) is 0 Å². The van der Waals surface area contributed by atoms with E-state index in [2.05, 4.69) is 5.32 Å². The number of hydrogen-bond acceptors (Lipinski definition) is 5. The van der Waals surface area contributed by atoms with Crippen LogP contribution in [0.4, 0.5) is 5.69 Å². The molecule has 3 amide bonds. The predicted octanol–water partition coefficient (Wildman–Crippen LogP) is 2.58. The van der Waals surface area contributed by atoms with Crippen LogP contribution in [-0.4, -0.2) is 55.0 Å². The van der Waals surface area contributed by atoms with E-state index in [1.54, 1.807) is 17.6 Å². The fourth-order valence-electron chi connectivity index (χ4n) is 3.18. The Balaban J connectivity index is 1.98. The van der Waals surface area contributed by atoms with Crippen LogP contribution in [0.3, 0.4) is 0 Å². The Morgan fingerprint density at radius 2 is 1.56 bits per heavy atom. The largest absolute Gasteiger partial charge is 0.378 e. The first-order chi connectivity index (χ1) is 15.4. The monoisotopic (exact) mass is 440 g/mol. The minimum atomic E-state index is -0.431. The van der Waals surface area contributed by atoms with Crippen LogP contribution >= 0.6 is 0 Å². The summed E-state index contributed by atoms with van der Waals surface area (Å²) in [5.74, 6) is -0.871. The minimum Gasteiger partial charge on any atom is -0.378 e. The molecule has 0 aromatic heterocycles. The van der Waals surface area contributed by atoms with Gasteiger partial charge in [-0.3, -0.25) is 19.6 Å². The third-order valence-corrected chi connectivity index (χ3v) is 5.04. The summed E-state index contributed by atoms with van der Waals surface area (Å²) in [4.78, 5) is 40.2. The van der Waals surface area contributed by atoms with E-state index in [0.29, 0.717) is 37.9 Å². The van der Waals surface area contributed by atoms with Crippen LogP contribution in [0.2, 0.25) is 0 Å². The lowest BCUT2D eigenvalue weighted by Gasteiger charge is -2.23. The molecule has 2 aromatic carbocycles. The highest BCUT2D eigenvalue weighted by atomic mass is 16.5. The lowest BCUT2D eigenvalue weighted by Crippen LogP contribution is -2.41. The van der Waals surface area contributed by atoms with Gasteiger partial charge in [-0.15, -0.1) is 0 Å². The first-order valence-corrected chi connectivity index (χ1v) is 10.7. The van der Waals surface area contributed by atoms with Crippen LogP contribution in [0, 0.1) is 0 Å². The number of carbonyl (C=O) groups is 3. The molecule has 3 N–H and O–H groups in total. The molecule has 0 bridgehead atoms. The lowest BCUT2D eigenvalue weighted by molar-refractivity contribution is -0.129. The highest BCUT2D eigenvalue weighted by Crippen LogP contribution is 2.14. The van der Waals surface area contributed by atoms with E-state index in [1.165, 1.54) is 4.90 Å². The van der Waals surface area contributed by atoms with Crippen molar-refractivity contribution in [1.29, 1.82) is 0 Å². The Hall–Kier alpha value is -3.39. The molecule has 0 saturated carbocycles. The van der Waals surface area contributed by atoms with E-state index >= 15 is 0 Å². The van der Waals surface area contributed by atoms with Crippen molar-refractivity contribution in [2.45, 2.75) is 32.2 Å². The summed E-state index contributed by atoms with van der Waals surface area (Å²) in [5.41, 5.74) is 4.10. The van der Waals surface area contributed by atoms with Crippen molar-refractivity contribution in [3.8, 4) is 0 Å². The van der Waals surface area contributed by atoms with Gasteiger partial charge in [-0.05, 0) is 42.7 Å². The standard InChI is InChI=1S/C24H32N4O4/c1-27(2)21-14-12-20(13-15-21)24(31)28(16-8-4-7-11-22(29)26-32)18-23(30)25-17-19-9-5-3-6-10-19/h3,5-6,9-10,12-15,32H,4,7-8,11,16-18H2,1-2H3,(H,25,30)(H,26,29). The van der Waals surface area contributed by atoms with E-state index < -0.39 is 5.91 Å². The maximum Gasteiger partial charge on any atom is 0.254 e. The van der Waals surface area contributed by atoms with Gasteiger partial charge in [0.2, 0.25) is 11.8 Å². The second-order valence-electron chi connectivity index (χ2n) is 7.78. The van der Waals surface area contributed by atoms with Crippen molar-refractivity contribution < 1.29 is 19.6 Å². The van der Waals surface area contributed by atoms with Gasteiger partial charge >= 0.3 is 0 Å². The van der Waals surface area contributed by atoms with Gasteiger partial charge in [0, 0.05) is 44.9 Å². The van der Waals surface area contributed by atoms with Gasteiger partial charge in [-0.25, -0.2) is 5.48 Å². The van der Waals surface area contributed by atoms with Gasteiger partial charge < -0.3 is 15.1 Å². The third-order valence-electron chi connectivity index (χ3n) is 5.04. The van der Waals surface area contributed by atoms with Gasteiger partial charge in [0.05, 0.1) is 6.54 Å². The number of rotatable bonds is 12. The molecule has 172 valence electrons. The Morgan fingerprint density at radius 1 is 0.875 bits per heavy atom. The fourth-order valence-corrected chi connectivity index (χ4v) is 3.18. The highest BCUT2D eigenvalue weighted by Gasteiger charge is 2.19. The summed E-state index contributed by atoms with van der Waals surface area (Å²) < 4.78 is 0. The topological polar surface area (TPSA) is 102 Å². The van der Waals surface area contributed by atoms with E-state index in [9.17, 15) is 14.4 Å². The molecule has 2 aromatic rings. The van der Waals surface area contributed by atoms with Crippen LogP contribution in [0.25, 0.3) is 0 Å². The zero-order valence-electron chi connectivity index (χ0n) is 18.7. The summed E-state index contributed by atoms with van der Waals surface area (Å²) in [7, 11) is 3.86. The smallest absolute Gasteiger partial charge is 0.254 e. The van der Waals surface area contributed by atoms with E-state index in [4.69, 9.17) is 5.21 Å². The Kier molecular flexibility index (Phi) is 10.2. The van der Waals surface area contributed by atoms with Crippen molar-refractivity contribution >= 4 is 23.4 Å². The molecule has 8 heteroatoms. The van der Waals surface area contributed by atoms with Gasteiger partial charge in [-0.1, -0.05) is 36.8 Å². The Labute approximate surface area is 189 Å². The second kappa shape index (κ2) is 13.1. The number of amides is 3. The van der Waals surface area contributed by atoms with Crippen LogP contribution < -0.4 is 15.7 Å². The van der Waals surface area contributed by atoms with E-state index in [1.807, 2.05) is 61.5 Å². The average Bonchev–Trinajstić information content (AvgIpc) is 2.81. The summed E-state index contributed by atoms with van der Waals surface area (Å²) in [6.45, 7) is 0.751. The van der Waals surface area contributed by atoms with Gasteiger partial charge in [0.1, 0.15) is 0 Å². The molecule has 0 aliphatic heterocycles. The minimum absolute atomic E-state index is 0.0434. The average molecular weight is 441 g/mol. The van der Waals surface area contributed by atoms with Crippen molar-refractivity contribution in [2.75, 3.05) is 32.1 Å². The zero-order valence-corrected chi connectivity index (χ0v) is 18.7. The van der Waals surface area contributed by atoms with E-state index in [-0.39, 0.29) is 24.8 Å². The second-order valence-corrected chi connectivity index (χ2v) is 7.78. The van der Waals surface area contributed by atoms with Crippen molar-refractivity contribution in [2.24, 2.45) is 0 Å². The molecule has 0 saturated heterocycles. The molecule has 0 spiro atoms. The first kappa shape index (κ1) is 24.9. The number of nitrogens with one attached hydrogen (secondary N) is 2. The van der Waals surface area contributed by atoms with Crippen LogP contribution in [0.1, 0.15) is 41.6 Å². The van der Waals surface area contributed by atoms with E-state index in [0.717, 1.165) is 11.3 Å². The maximum absolute atomic E-state index is 13.1. The molecule has 0 fully saturated rings. The van der Waals surface area contributed by atoms with Gasteiger partial charge in [0.15, 0.2) is 0 Å². The third kappa shape index (κ3) is 8.39. The number of hydroxylamine groups is 1. The summed E-state index contributed by atoms with van der Waals surface area (Å²) in [6.07, 6.45) is 2.15. The molecule has 32 heavy (non-hydrogen) atoms. The van der Waals surface area contributed by atoms with Crippen molar-refractivity contribution in [3.05, 3.63) is 65.7 Å². The highest BCUT2D eigenvalue weighted by molar-refractivity contribution is 5.96. The first-order valence-electron chi connectivity index (χ1n) is 10.7. The predicted molar refractivity (Wildman–Crippen MR) is 123 cm³/mol. The fraction of sp³-hybridized carbons (Fsp3) is 0.375. The SMILES string of the molecule is CN(C)c1ccc(C(=O)N(CCCCCC(=O)NO)CC(=O)NCc2ccccc2)cc1. The molecule has 0 unspecified atom stereocenters. The molecular weight excluding hydrogens is 408 g/mol. The zero-order chi connectivity index (χ0) is 23.3. The molecule has 0 atom stereocenters. The number of anilines is 1. The summed E-state index contributed by atoms with van der Waals surface area (Å²) in [6, 6.07) is 16.9. The van der Waals surface area contributed by atoms with Gasteiger partial charge in [0.25, 0.3) is 5.91 Å². The molecule has 0 radical (unpaired) electrons. The molecule has 0 aliphatic rings. The number of nitrogens with zero attached hydrogens (tertiary/aromatic N) is 2. The Morgan fingerprint density at radius 3 is 2.19 bits per heavy atom. The van der Waals surface area contributed by atoms with Crippen molar-refractivity contribution in [3.63, 3.8) is 0 Å². The maximum atomic E-state index is 13.1. The molecular formula is C24H32N4O4. The molecule has 0 aliphatic carbocycles. The summed E-state index contributed by atoms with van der Waals surface area (Å²) in [5, 5.41) is 11.4. The van der Waals surface area contributed by atoms with Crippen LogP contribution in [0.15, 0.2) is 54.6 Å². The lowest BCUT2D eigenvalue weighted by atomic mass is 10.1. The quantitative estimate of drug-likeness (QED) is 0.268. The number of hydrogen-bond donors (Lipinski definition) is 3. The number of unbranched alkanes of at least 4 members (excludes halogenated alkanes) is 2. The van der Waals surface area contributed by atoms with Crippen molar-refractivity contribution in [1.82, 2.24) is 15.7 Å². The molecule has 2 rings (SSSR count). The molecule has 0 heterocycles. The Bertz CT molecular complexity index is 869.